The second-order valence-corrected chi connectivity index (χ2v) is 6.01. The van der Waals surface area contributed by atoms with Crippen LogP contribution in [0.2, 0.25) is 0 Å². The molecule has 1 N–H and O–H groups in total. The lowest BCUT2D eigenvalue weighted by Crippen LogP contribution is -2.55. The van der Waals surface area contributed by atoms with E-state index in [9.17, 15) is 4.79 Å². The van der Waals surface area contributed by atoms with E-state index in [-0.39, 0.29) is 0 Å². The number of likely N-dealkylation sites (tertiary alicyclic amines) is 1. The van der Waals surface area contributed by atoms with Crippen molar-refractivity contribution in [2.75, 3.05) is 26.7 Å². The number of hydrogen-bond acceptors (Lipinski definition) is 3. The number of fused-ring (bicyclic) bond motifs is 1. The summed E-state index contributed by atoms with van der Waals surface area (Å²) in [6.45, 7) is 2.89. The number of ether oxygens (including phenoxy) is 1. The van der Waals surface area contributed by atoms with E-state index in [0.29, 0.717) is 24.3 Å². The van der Waals surface area contributed by atoms with Crippen LogP contribution in [0, 0.1) is 5.92 Å². The summed E-state index contributed by atoms with van der Waals surface area (Å²) in [6, 6.07) is 8.52. The monoisotopic (exact) mass is 288 g/mol. The van der Waals surface area contributed by atoms with Gasteiger partial charge in [-0.05, 0) is 49.9 Å². The quantitative estimate of drug-likeness (QED) is 0.919. The maximum Gasteiger partial charge on any atom is 0.222 e. The van der Waals surface area contributed by atoms with Crippen molar-refractivity contribution in [3.63, 3.8) is 0 Å². The first kappa shape index (κ1) is 14.4. The summed E-state index contributed by atoms with van der Waals surface area (Å²) in [6.07, 6.45) is 3.70. The zero-order valence-corrected chi connectivity index (χ0v) is 12.7. The van der Waals surface area contributed by atoms with E-state index < -0.39 is 0 Å². The van der Waals surface area contributed by atoms with Crippen LogP contribution in [-0.2, 0) is 11.2 Å². The van der Waals surface area contributed by atoms with Gasteiger partial charge in [-0.3, -0.25) is 4.79 Å². The summed E-state index contributed by atoms with van der Waals surface area (Å²) in [7, 11) is 1.70. The normalized spacial score (nSPS) is 25.6. The number of nitrogens with zero attached hydrogens (tertiary/aromatic N) is 1. The lowest BCUT2D eigenvalue weighted by atomic mass is 9.84. The summed E-state index contributed by atoms with van der Waals surface area (Å²) < 4.78 is 5.41. The number of hydrogen-bond donors (Lipinski definition) is 1. The SMILES string of the molecule is COc1ccccc1CCN1C(=O)CC[C@H]2CNCC[C@H]21. The highest BCUT2D eigenvalue weighted by Crippen LogP contribution is 2.29. The Kier molecular flexibility index (Phi) is 4.44. The van der Waals surface area contributed by atoms with Gasteiger partial charge in [0.15, 0.2) is 0 Å². The van der Waals surface area contributed by atoms with Crippen molar-refractivity contribution in [1.29, 1.82) is 0 Å². The standard InChI is InChI=1S/C17H24N2O2/c1-21-16-5-3-2-4-13(16)9-11-19-15-8-10-18-12-14(15)6-7-17(19)20/h2-5,14-15,18H,6-12H2,1H3/t14-,15+/m0/s1. The molecule has 2 fully saturated rings. The van der Waals surface area contributed by atoms with Crippen molar-refractivity contribution in [3.8, 4) is 5.75 Å². The Balaban J connectivity index is 1.68. The van der Waals surface area contributed by atoms with Gasteiger partial charge in [-0.25, -0.2) is 0 Å². The van der Waals surface area contributed by atoms with Gasteiger partial charge in [-0.1, -0.05) is 18.2 Å². The fourth-order valence-corrected chi connectivity index (χ4v) is 3.69. The van der Waals surface area contributed by atoms with Gasteiger partial charge >= 0.3 is 0 Å². The van der Waals surface area contributed by atoms with E-state index in [0.717, 1.165) is 44.6 Å². The second kappa shape index (κ2) is 6.48. The van der Waals surface area contributed by atoms with Crippen LogP contribution in [0.1, 0.15) is 24.8 Å². The molecule has 3 rings (SSSR count). The smallest absolute Gasteiger partial charge is 0.222 e. The van der Waals surface area contributed by atoms with Crippen molar-refractivity contribution in [3.05, 3.63) is 29.8 Å². The summed E-state index contributed by atoms with van der Waals surface area (Å²) in [5.74, 6) is 1.88. The van der Waals surface area contributed by atoms with Crippen LogP contribution in [0.3, 0.4) is 0 Å². The molecule has 0 unspecified atom stereocenters. The van der Waals surface area contributed by atoms with Crippen molar-refractivity contribution in [1.82, 2.24) is 10.2 Å². The van der Waals surface area contributed by atoms with Crippen molar-refractivity contribution < 1.29 is 9.53 Å². The molecule has 4 nitrogen and oxygen atoms in total. The summed E-state index contributed by atoms with van der Waals surface area (Å²) >= 11 is 0. The molecule has 1 aromatic rings. The molecule has 0 spiro atoms. The first-order valence-corrected chi connectivity index (χ1v) is 7.91. The van der Waals surface area contributed by atoms with Gasteiger partial charge in [-0.2, -0.15) is 0 Å². The lowest BCUT2D eigenvalue weighted by Gasteiger charge is -2.44. The Bertz CT molecular complexity index is 503. The molecule has 1 aromatic carbocycles. The van der Waals surface area contributed by atoms with Gasteiger partial charge in [0.2, 0.25) is 5.91 Å². The fourth-order valence-electron chi connectivity index (χ4n) is 3.69. The Morgan fingerprint density at radius 1 is 1.33 bits per heavy atom. The highest BCUT2D eigenvalue weighted by molar-refractivity contribution is 5.77. The number of benzene rings is 1. The zero-order valence-electron chi connectivity index (χ0n) is 12.7. The average molecular weight is 288 g/mol. The predicted octanol–water partition coefficient (Wildman–Crippen LogP) is 1.84. The topological polar surface area (TPSA) is 41.6 Å². The van der Waals surface area contributed by atoms with E-state index in [2.05, 4.69) is 16.3 Å². The maximum atomic E-state index is 12.3. The number of carbonyl (C=O) groups is 1. The molecule has 4 heteroatoms. The van der Waals surface area contributed by atoms with Crippen LogP contribution in [0.15, 0.2) is 24.3 Å². The largest absolute Gasteiger partial charge is 0.496 e. The molecule has 1 amide bonds. The van der Waals surface area contributed by atoms with Gasteiger partial charge in [0.25, 0.3) is 0 Å². The van der Waals surface area contributed by atoms with Crippen LogP contribution in [0.25, 0.3) is 0 Å². The van der Waals surface area contributed by atoms with Crippen molar-refractivity contribution in [2.24, 2.45) is 5.92 Å². The molecule has 2 saturated heterocycles. The number of nitrogens with one attached hydrogen (secondary N) is 1. The zero-order chi connectivity index (χ0) is 14.7. The first-order valence-electron chi connectivity index (χ1n) is 7.91. The number of methoxy groups -OCH3 is 1. The van der Waals surface area contributed by atoms with E-state index >= 15 is 0 Å². The average Bonchev–Trinajstić information content (AvgIpc) is 2.54. The highest BCUT2D eigenvalue weighted by atomic mass is 16.5. The van der Waals surface area contributed by atoms with Gasteiger partial charge in [0.05, 0.1) is 7.11 Å². The van der Waals surface area contributed by atoms with E-state index in [1.54, 1.807) is 7.11 Å². The van der Waals surface area contributed by atoms with Crippen LogP contribution in [-0.4, -0.2) is 43.6 Å². The van der Waals surface area contributed by atoms with Gasteiger partial charge in [-0.15, -0.1) is 0 Å². The first-order chi connectivity index (χ1) is 10.3. The van der Waals surface area contributed by atoms with Gasteiger partial charge in [0, 0.05) is 19.0 Å². The van der Waals surface area contributed by atoms with E-state index in [1.165, 1.54) is 5.56 Å². The van der Waals surface area contributed by atoms with Crippen molar-refractivity contribution in [2.45, 2.75) is 31.7 Å². The molecule has 21 heavy (non-hydrogen) atoms. The Labute approximate surface area is 126 Å². The van der Waals surface area contributed by atoms with Crippen LogP contribution in [0.4, 0.5) is 0 Å². The number of carbonyl (C=O) groups excluding carboxylic acids is 1. The van der Waals surface area contributed by atoms with E-state index in [4.69, 9.17) is 4.74 Å². The lowest BCUT2D eigenvalue weighted by molar-refractivity contribution is -0.139. The van der Waals surface area contributed by atoms with Crippen LogP contribution < -0.4 is 10.1 Å². The molecular weight excluding hydrogens is 264 g/mol. The molecule has 114 valence electrons. The summed E-state index contributed by atoms with van der Waals surface area (Å²) in [4.78, 5) is 14.4. The minimum Gasteiger partial charge on any atom is -0.496 e. The number of rotatable bonds is 4. The third-order valence-electron chi connectivity index (χ3n) is 4.83. The molecule has 0 aromatic heterocycles. The molecular formula is C17H24N2O2. The molecule has 2 aliphatic rings. The Morgan fingerprint density at radius 3 is 3.05 bits per heavy atom. The Hall–Kier alpha value is -1.55. The minimum absolute atomic E-state index is 0.327. The predicted molar refractivity (Wildman–Crippen MR) is 82.4 cm³/mol. The summed E-state index contributed by atoms with van der Waals surface area (Å²) in [5.41, 5.74) is 1.18. The second-order valence-electron chi connectivity index (χ2n) is 6.01. The maximum absolute atomic E-state index is 12.3. The third-order valence-corrected chi connectivity index (χ3v) is 4.83. The van der Waals surface area contributed by atoms with Gasteiger partial charge < -0.3 is 15.0 Å². The molecule has 0 aliphatic carbocycles. The minimum atomic E-state index is 0.327. The number of amides is 1. The van der Waals surface area contributed by atoms with Crippen molar-refractivity contribution >= 4 is 5.91 Å². The van der Waals surface area contributed by atoms with E-state index in [1.807, 2.05) is 18.2 Å². The number of piperidine rings is 2. The summed E-state index contributed by atoms with van der Waals surface area (Å²) in [5, 5.41) is 3.45. The highest BCUT2D eigenvalue weighted by Gasteiger charge is 2.36. The third kappa shape index (κ3) is 3.05. The van der Waals surface area contributed by atoms with Gasteiger partial charge in [0.1, 0.15) is 5.75 Å². The number of para-hydroxylation sites is 1. The fraction of sp³-hybridized carbons (Fsp3) is 0.588. The van der Waals surface area contributed by atoms with Crippen LogP contribution in [0.5, 0.6) is 5.75 Å². The molecule has 2 atom stereocenters. The molecule has 2 aliphatic heterocycles. The molecule has 0 bridgehead atoms. The Morgan fingerprint density at radius 2 is 2.19 bits per heavy atom. The molecule has 0 saturated carbocycles. The molecule has 0 radical (unpaired) electrons. The molecule has 2 heterocycles. The van der Waals surface area contributed by atoms with Crippen LogP contribution >= 0.6 is 0 Å².